The molecule has 3 rings (SSSR count). The van der Waals surface area contributed by atoms with Crippen molar-refractivity contribution >= 4 is 11.9 Å². The second kappa shape index (κ2) is 4.25. The molecule has 0 N–H and O–H groups in total. The van der Waals surface area contributed by atoms with E-state index in [2.05, 4.69) is 0 Å². The fraction of sp³-hybridized carbons (Fsp3) is 0.857. The molecule has 4 heteroatoms. The van der Waals surface area contributed by atoms with Crippen LogP contribution in [0.25, 0.3) is 0 Å². The van der Waals surface area contributed by atoms with Gasteiger partial charge in [0.25, 0.3) is 0 Å². The number of hydrogen-bond donors (Lipinski definition) is 0. The van der Waals surface area contributed by atoms with Crippen LogP contribution in [0.2, 0.25) is 0 Å². The van der Waals surface area contributed by atoms with Crippen molar-refractivity contribution in [2.45, 2.75) is 39.2 Å². The molecule has 1 heterocycles. The molecule has 100 valence electrons. The topological polar surface area (TPSA) is 52.6 Å². The van der Waals surface area contributed by atoms with Crippen molar-refractivity contribution in [1.82, 2.24) is 0 Å². The van der Waals surface area contributed by atoms with E-state index in [4.69, 9.17) is 9.47 Å². The summed E-state index contributed by atoms with van der Waals surface area (Å²) < 4.78 is 10.8. The predicted molar refractivity (Wildman–Crippen MR) is 63.5 cm³/mol. The van der Waals surface area contributed by atoms with E-state index in [1.165, 1.54) is 0 Å². The molecule has 3 fully saturated rings. The van der Waals surface area contributed by atoms with Crippen molar-refractivity contribution in [2.75, 3.05) is 6.61 Å². The lowest BCUT2D eigenvalue weighted by atomic mass is 9.80. The number of carbonyl (C=O) groups excluding carboxylic acids is 2. The average Bonchev–Trinajstić information content (AvgIpc) is 3.01. The first-order valence-corrected chi connectivity index (χ1v) is 6.99. The van der Waals surface area contributed by atoms with Gasteiger partial charge in [0.05, 0.1) is 18.4 Å². The zero-order chi connectivity index (χ0) is 12.9. The molecule has 1 saturated heterocycles. The Labute approximate surface area is 107 Å². The standard InChI is InChI=1S/C14H20O4/c1-3-7(2)13(15)18-11-5-8-4-9(11)10-6-17-14(16)12(8)10/h7-12H,3-6H2,1-2H3. The Bertz CT molecular complexity index is 378. The minimum Gasteiger partial charge on any atom is -0.465 e. The third-order valence-corrected chi connectivity index (χ3v) is 5.08. The van der Waals surface area contributed by atoms with E-state index in [0.29, 0.717) is 24.4 Å². The van der Waals surface area contributed by atoms with Crippen LogP contribution >= 0.6 is 0 Å². The van der Waals surface area contributed by atoms with Crippen molar-refractivity contribution in [3.05, 3.63) is 0 Å². The average molecular weight is 252 g/mol. The summed E-state index contributed by atoms with van der Waals surface area (Å²) in [5.41, 5.74) is 0. The van der Waals surface area contributed by atoms with E-state index in [-0.39, 0.29) is 29.9 Å². The fourth-order valence-corrected chi connectivity index (χ4v) is 3.87. The van der Waals surface area contributed by atoms with Crippen LogP contribution < -0.4 is 0 Å². The molecule has 2 saturated carbocycles. The van der Waals surface area contributed by atoms with E-state index in [1.807, 2.05) is 13.8 Å². The first kappa shape index (κ1) is 12.0. The van der Waals surface area contributed by atoms with Crippen LogP contribution in [0.1, 0.15) is 33.1 Å². The summed E-state index contributed by atoms with van der Waals surface area (Å²) in [5, 5.41) is 0. The van der Waals surface area contributed by atoms with Crippen LogP contribution in [-0.2, 0) is 19.1 Å². The van der Waals surface area contributed by atoms with Crippen LogP contribution in [0, 0.1) is 29.6 Å². The van der Waals surface area contributed by atoms with E-state index in [1.54, 1.807) is 0 Å². The monoisotopic (exact) mass is 252 g/mol. The molecule has 0 amide bonds. The number of rotatable bonds is 3. The second-order valence-electron chi connectivity index (χ2n) is 6.00. The van der Waals surface area contributed by atoms with Gasteiger partial charge in [0.15, 0.2) is 0 Å². The molecule has 0 aromatic heterocycles. The van der Waals surface area contributed by atoms with Gasteiger partial charge in [-0.25, -0.2) is 0 Å². The summed E-state index contributed by atoms with van der Waals surface area (Å²) in [7, 11) is 0. The third kappa shape index (κ3) is 1.65. The van der Waals surface area contributed by atoms with Gasteiger partial charge in [-0.15, -0.1) is 0 Å². The van der Waals surface area contributed by atoms with Gasteiger partial charge in [0.2, 0.25) is 0 Å². The highest BCUT2D eigenvalue weighted by Crippen LogP contribution is 2.56. The van der Waals surface area contributed by atoms with E-state index in [0.717, 1.165) is 19.3 Å². The van der Waals surface area contributed by atoms with Crippen LogP contribution in [0.4, 0.5) is 0 Å². The molecule has 18 heavy (non-hydrogen) atoms. The Morgan fingerprint density at radius 2 is 2.22 bits per heavy atom. The second-order valence-corrected chi connectivity index (χ2v) is 6.00. The largest absolute Gasteiger partial charge is 0.465 e. The van der Waals surface area contributed by atoms with Crippen LogP contribution in [0.15, 0.2) is 0 Å². The molecule has 6 unspecified atom stereocenters. The molecule has 0 aromatic carbocycles. The summed E-state index contributed by atoms with van der Waals surface area (Å²) in [6.45, 7) is 4.43. The first-order valence-electron chi connectivity index (χ1n) is 6.99. The highest BCUT2D eigenvalue weighted by molar-refractivity contribution is 5.76. The summed E-state index contributed by atoms with van der Waals surface area (Å²) in [6, 6.07) is 0. The quantitative estimate of drug-likeness (QED) is 0.718. The maximum Gasteiger partial charge on any atom is 0.309 e. The Morgan fingerprint density at radius 1 is 1.44 bits per heavy atom. The minimum atomic E-state index is -0.0863. The van der Waals surface area contributed by atoms with Gasteiger partial charge < -0.3 is 9.47 Å². The number of esters is 2. The van der Waals surface area contributed by atoms with E-state index >= 15 is 0 Å². The highest BCUT2D eigenvalue weighted by atomic mass is 16.6. The Kier molecular flexibility index (Phi) is 2.83. The Morgan fingerprint density at radius 3 is 2.94 bits per heavy atom. The lowest BCUT2D eigenvalue weighted by Gasteiger charge is -2.29. The summed E-state index contributed by atoms with van der Waals surface area (Å²) >= 11 is 0. The first-order chi connectivity index (χ1) is 8.61. The summed E-state index contributed by atoms with van der Waals surface area (Å²) in [5.74, 6) is 0.973. The maximum absolute atomic E-state index is 11.8. The molecule has 3 aliphatic rings. The van der Waals surface area contributed by atoms with Crippen molar-refractivity contribution in [3.8, 4) is 0 Å². The molecule has 0 radical (unpaired) electrons. The normalized spacial score (nSPS) is 42.6. The number of cyclic esters (lactones) is 1. The number of fused-ring (bicyclic) bond motifs is 5. The van der Waals surface area contributed by atoms with Crippen LogP contribution in [-0.4, -0.2) is 24.6 Å². The van der Waals surface area contributed by atoms with Crippen molar-refractivity contribution in [1.29, 1.82) is 0 Å². The van der Waals surface area contributed by atoms with Crippen molar-refractivity contribution in [2.24, 2.45) is 29.6 Å². The third-order valence-electron chi connectivity index (χ3n) is 5.08. The van der Waals surface area contributed by atoms with Crippen LogP contribution in [0.5, 0.6) is 0 Å². The molecule has 4 nitrogen and oxygen atoms in total. The smallest absolute Gasteiger partial charge is 0.309 e. The zero-order valence-corrected chi connectivity index (χ0v) is 10.9. The molecule has 0 aromatic rings. The lowest BCUT2D eigenvalue weighted by molar-refractivity contribution is -0.157. The SMILES string of the molecule is CCC(C)C(=O)OC1CC2CC1C1COC(=O)C21. The molecule has 2 bridgehead atoms. The molecule has 6 atom stereocenters. The lowest BCUT2D eigenvalue weighted by Crippen LogP contribution is -2.35. The van der Waals surface area contributed by atoms with Gasteiger partial charge in [-0.3, -0.25) is 9.59 Å². The van der Waals surface area contributed by atoms with Gasteiger partial charge in [0, 0.05) is 11.8 Å². The maximum atomic E-state index is 11.8. The van der Waals surface area contributed by atoms with Gasteiger partial charge in [-0.05, 0) is 25.2 Å². The zero-order valence-electron chi connectivity index (χ0n) is 10.9. The molecule has 1 aliphatic heterocycles. The Hall–Kier alpha value is -1.06. The van der Waals surface area contributed by atoms with E-state index in [9.17, 15) is 9.59 Å². The summed E-state index contributed by atoms with van der Waals surface area (Å²) in [6.07, 6.45) is 2.71. The van der Waals surface area contributed by atoms with Gasteiger partial charge in [-0.2, -0.15) is 0 Å². The number of carbonyl (C=O) groups is 2. The summed E-state index contributed by atoms with van der Waals surface area (Å²) in [4.78, 5) is 23.4. The van der Waals surface area contributed by atoms with Crippen molar-refractivity contribution in [3.63, 3.8) is 0 Å². The molecular weight excluding hydrogens is 232 g/mol. The van der Waals surface area contributed by atoms with Crippen LogP contribution in [0.3, 0.4) is 0 Å². The van der Waals surface area contributed by atoms with Gasteiger partial charge >= 0.3 is 11.9 Å². The van der Waals surface area contributed by atoms with Gasteiger partial charge in [0.1, 0.15) is 6.10 Å². The minimum absolute atomic E-state index is 0.0206. The highest BCUT2D eigenvalue weighted by Gasteiger charge is 2.60. The van der Waals surface area contributed by atoms with E-state index < -0.39 is 0 Å². The number of ether oxygens (including phenoxy) is 2. The fourth-order valence-electron chi connectivity index (χ4n) is 3.87. The molecule has 2 aliphatic carbocycles. The molecular formula is C14H20O4. The number of hydrogen-bond acceptors (Lipinski definition) is 4. The van der Waals surface area contributed by atoms with Gasteiger partial charge in [-0.1, -0.05) is 13.8 Å². The molecule has 0 spiro atoms. The predicted octanol–water partition coefficient (Wildman–Crippen LogP) is 1.77. The Balaban J connectivity index is 1.65. The van der Waals surface area contributed by atoms with Crippen molar-refractivity contribution < 1.29 is 19.1 Å².